The van der Waals surface area contributed by atoms with Crippen molar-refractivity contribution in [3.8, 4) is 0 Å². The van der Waals surface area contributed by atoms with Gasteiger partial charge in [0.2, 0.25) is 5.13 Å². The van der Waals surface area contributed by atoms with Crippen LogP contribution in [0.25, 0.3) is 0 Å². The average molecular weight is 307 g/mol. The number of nitrogens with zero attached hydrogens (tertiary/aromatic N) is 2. The maximum absolute atomic E-state index is 12.7. The lowest BCUT2D eigenvalue weighted by molar-refractivity contribution is -0.142. The highest BCUT2D eigenvalue weighted by atomic mass is 32.1. The smallest absolute Gasteiger partial charge is 0.311 e. The van der Waals surface area contributed by atoms with Gasteiger partial charge in [-0.3, -0.25) is 10.2 Å². The first-order valence-corrected chi connectivity index (χ1v) is 7.20. The van der Waals surface area contributed by atoms with Crippen LogP contribution in [0, 0.1) is 5.82 Å². The van der Waals surface area contributed by atoms with E-state index in [1.807, 2.05) is 0 Å². The summed E-state index contributed by atoms with van der Waals surface area (Å²) < 4.78 is 17.6. The highest BCUT2D eigenvalue weighted by Gasteiger charge is 2.07. The van der Waals surface area contributed by atoms with Crippen molar-refractivity contribution in [2.75, 3.05) is 12.0 Å². The van der Waals surface area contributed by atoms with Crippen molar-refractivity contribution in [1.82, 2.24) is 4.98 Å². The van der Waals surface area contributed by atoms with E-state index in [9.17, 15) is 9.18 Å². The van der Waals surface area contributed by atoms with E-state index in [0.717, 1.165) is 5.56 Å². The zero-order valence-corrected chi connectivity index (χ0v) is 12.2. The summed E-state index contributed by atoms with van der Waals surface area (Å²) in [5, 5.41) is 6.35. The number of anilines is 1. The first-order valence-electron chi connectivity index (χ1n) is 6.32. The Kier molecular flexibility index (Phi) is 5.39. The summed E-state index contributed by atoms with van der Waals surface area (Å²) in [6, 6.07) is 5.97. The summed E-state index contributed by atoms with van der Waals surface area (Å²) in [6.07, 6.45) is 1.71. The second-order valence-corrected chi connectivity index (χ2v) is 4.91. The predicted molar refractivity (Wildman–Crippen MR) is 80.1 cm³/mol. The lowest BCUT2D eigenvalue weighted by Gasteiger charge is -1.98. The van der Waals surface area contributed by atoms with Crippen molar-refractivity contribution in [2.24, 2.45) is 5.10 Å². The second-order valence-electron chi connectivity index (χ2n) is 4.05. The minimum Gasteiger partial charge on any atom is -0.466 e. The van der Waals surface area contributed by atoms with Crippen molar-refractivity contribution < 1.29 is 13.9 Å². The van der Waals surface area contributed by atoms with Gasteiger partial charge in [0.05, 0.1) is 24.9 Å². The molecule has 5 nitrogen and oxygen atoms in total. The number of thiazole rings is 1. The Hall–Kier alpha value is -2.28. The lowest BCUT2D eigenvalue weighted by atomic mass is 10.2. The molecule has 0 saturated heterocycles. The van der Waals surface area contributed by atoms with Crippen LogP contribution in [-0.4, -0.2) is 23.8 Å². The largest absolute Gasteiger partial charge is 0.466 e. The fourth-order valence-electron chi connectivity index (χ4n) is 1.51. The Balaban J connectivity index is 1.87. The van der Waals surface area contributed by atoms with Gasteiger partial charge in [-0.25, -0.2) is 9.37 Å². The highest BCUT2D eigenvalue weighted by molar-refractivity contribution is 7.13. The summed E-state index contributed by atoms with van der Waals surface area (Å²) in [7, 11) is 0. The molecule has 1 aromatic heterocycles. The summed E-state index contributed by atoms with van der Waals surface area (Å²) in [6.45, 7) is 2.12. The van der Waals surface area contributed by atoms with Crippen molar-refractivity contribution in [3.05, 3.63) is 46.7 Å². The zero-order chi connectivity index (χ0) is 15.1. The molecule has 0 amide bonds. The number of hydrogen-bond donors (Lipinski definition) is 1. The average Bonchev–Trinajstić information content (AvgIpc) is 2.89. The monoisotopic (exact) mass is 307 g/mol. The second kappa shape index (κ2) is 7.49. The van der Waals surface area contributed by atoms with Gasteiger partial charge in [-0.2, -0.15) is 5.10 Å². The molecular formula is C14H14FN3O2S. The number of carbonyl (C=O) groups excluding carboxylic acids is 1. The molecule has 0 spiro atoms. The normalized spacial score (nSPS) is 10.8. The van der Waals surface area contributed by atoms with Crippen LogP contribution in [0.2, 0.25) is 0 Å². The van der Waals surface area contributed by atoms with E-state index in [0.29, 0.717) is 17.4 Å². The number of hydrogen-bond acceptors (Lipinski definition) is 6. The fraction of sp³-hybridized carbons (Fsp3) is 0.214. The predicted octanol–water partition coefficient (Wildman–Crippen LogP) is 2.83. The van der Waals surface area contributed by atoms with E-state index >= 15 is 0 Å². The van der Waals surface area contributed by atoms with E-state index in [1.54, 1.807) is 30.7 Å². The van der Waals surface area contributed by atoms with Crippen LogP contribution in [0.1, 0.15) is 18.2 Å². The maximum Gasteiger partial charge on any atom is 0.311 e. The molecule has 1 heterocycles. The molecule has 0 atom stereocenters. The van der Waals surface area contributed by atoms with E-state index in [-0.39, 0.29) is 18.2 Å². The van der Waals surface area contributed by atoms with E-state index in [2.05, 4.69) is 15.5 Å². The summed E-state index contributed by atoms with van der Waals surface area (Å²) >= 11 is 1.34. The first kappa shape index (κ1) is 15.1. The van der Waals surface area contributed by atoms with Crippen molar-refractivity contribution >= 4 is 28.7 Å². The lowest BCUT2D eigenvalue weighted by Crippen LogP contribution is -2.07. The first-order chi connectivity index (χ1) is 10.2. The zero-order valence-electron chi connectivity index (χ0n) is 11.4. The molecule has 2 aromatic rings. The minimum absolute atomic E-state index is 0.147. The van der Waals surface area contributed by atoms with Gasteiger partial charge in [0.25, 0.3) is 0 Å². The van der Waals surface area contributed by atoms with Gasteiger partial charge >= 0.3 is 5.97 Å². The molecule has 0 aliphatic carbocycles. The standard InChI is InChI=1S/C14H14FN3O2S/c1-2-20-13(19)7-12-9-21-14(17-12)18-16-8-10-3-5-11(15)6-4-10/h3-6,8-9H,2,7H2,1H3,(H,17,18). The van der Waals surface area contributed by atoms with Crippen LogP contribution >= 0.6 is 11.3 Å². The molecule has 0 saturated carbocycles. The molecule has 2 rings (SSSR count). The topological polar surface area (TPSA) is 63.6 Å². The number of benzene rings is 1. The Morgan fingerprint density at radius 3 is 2.95 bits per heavy atom. The summed E-state index contributed by atoms with van der Waals surface area (Å²) in [4.78, 5) is 15.5. The summed E-state index contributed by atoms with van der Waals surface area (Å²) in [5.41, 5.74) is 4.17. The van der Waals surface area contributed by atoms with Gasteiger partial charge in [-0.15, -0.1) is 11.3 Å². The molecule has 1 aromatic carbocycles. The number of ether oxygens (including phenoxy) is 1. The molecule has 0 unspecified atom stereocenters. The van der Waals surface area contributed by atoms with Gasteiger partial charge in [0.1, 0.15) is 5.82 Å². The van der Waals surface area contributed by atoms with Gasteiger partial charge in [0.15, 0.2) is 0 Å². The number of esters is 1. The molecule has 21 heavy (non-hydrogen) atoms. The third-order valence-electron chi connectivity index (χ3n) is 2.43. The number of hydrazone groups is 1. The van der Waals surface area contributed by atoms with Crippen molar-refractivity contribution in [2.45, 2.75) is 13.3 Å². The van der Waals surface area contributed by atoms with Crippen molar-refractivity contribution in [3.63, 3.8) is 0 Å². The van der Waals surface area contributed by atoms with E-state index in [4.69, 9.17) is 4.74 Å². The van der Waals surface area contributed by atoms with Gasteiger partial charge < -0.3 is 4.74 Å². The Morgan fingerprint density at radius 2 is 2.24 bits per heavy atom. The van der Waals surface area contributed by atoms with Crippen LogP contribution in [-0.2, 0) is 16.0 Å². The quantitative estimate of drug-likeness (QED) is 0.506. The number of nitrogens with one attached hydrogen (secondary N) is 1. The Labute approximate surface area is 125 Å². The fourth-order valence-corrected chi connectivity index (χ4v) is 2.17. The number of halogens is 1. The highest BCUT2D eigenvalue weighted by Crippen LogP contribution is 2.16. The third-order valence-corrected chi connectivity index (χ3v) is 3.22. The summed E-state index contributed by atoms with van der Waals surface area (Å²) in [5.74, 6) is -0.590. The molecule has 0 fully saturated rings. The maximum atomic E-state index is 12.7. The van der Waals surface area contributed by atoms with Gasteiger partial charge in [-0.1, -0.05) is 12.1 Å². The van der Waals surface area contributed by atoms with Crippen molar-refractivity contribution in [1.29, 1.82) is 0 Å². The molecule has 1 N–H and O–H groups in total. The molecule has 110 valence electrons. The molecule has 7 heteroatoms. The van der Waals surface area contributed by atoms with E-state index < -0.39 is 0 Å². The molecule has 0 aliphatic heterocycles. The Morgan fingerprint density at radius 1 is 1.48 bits per heavy atom. The van der Waals surface area contributed by atoms with Gasteiger partial charge in [-0.05, 0) is 24.6 Å². The SMILES string of the molecule is CCOC(=O)Cc1csc(NN=Cc2ccc(F)cc2)n1. The van der Waals surface area contributed by atoms with Crippen LogP contribution in [0.5, 0.6) is 0 Å². The van der Waals surface area contributed by atoms with Gasteiger partial charge in [0, 0.05) is 5.38 Å². The van der Waals surface area contributed by atoms with Crippen LogP contribution in [0.3, 0.4) is 0 Å². The number of carbonyl (C=O) groups is 1. The molecule has 0 radical (unpaired) electrons. The molecular weight excluding hydrogens is 293 g/mol. The molecule has 0 aliphatic rings. The van der Waals surface area contributed by atoms with E-state index in [1.165, 1.54) is 23.5 Å². The van der Waals surface area contributed by atoms with Crippen LogP contribution in [0.4, 0.5) is 9.52 Å². The minimum atomic E-state index is -0.302. The van der Waals surface area contributed by atoms with Crippen LogP contribution in [0.15, 0.2) is 34.7 Å². The Bertz CT molecular complexity index is 625. The molecule has 0 bridgehead atoms. The van der Waals surface area contributed by atoms with Crippen LogP contribution < -0.4 is 5.43 Å². The third kappa shape index (κ3) is 4.96. The number of aromatic nitrogens is 1. The number of rotatable bonds is 6.